The zero-order valence-corrected chi connectivity index (χ0v) is 17.1. The lowest BCUT2D eigenvalue weighted by Gasteiger charge is -2.44. The number of carbonyl (C=O) groups is 1. The summed E-state index contributed by atoms with van der Waals surface area (Å²) in [5.41, 5.74) is 1.06. The zero-order chi connectivity index (χ0) is 18.7. The van der Waals surface area contributed by atoms with E-state index < -0.39 is 0 Å². The molecule has 2 fully saturated rings. The molecule has 0 radical (unpaired) electrons. The van der Waals surface area contributed by atoms with Gasteiger partial charge in [0.05, 0.1) is 5.92 Å². The molecule has 4 nitrogen and oxygen atoms in total. The number of benzene rings is 1. The van der Waals surface area contributed by atoms with Crippen molar-refractivity contribution in [2.75, 3.05) is 39.3 Å². The Hall–Kier alpha value is -1.10. The number of nitrogens with zero attached hydrogens (tertiary/aromatic N) is 2. The molecule has 1 saturated heterocycles. The molecule has 1 N–H and O–H groups in total. The lowest BCUT2D eigenvalue weighted by Crippen LogP contribution is -2.58. The van der Waals surface area contributed by atoms with Gasteiger partial charge in [-0.2, -0.15) is 0 Å². The number of rotatable bonds is 7. The van der Waals surface area contributed by atoms with E-state index in [0.717, 1.165) is 56.2 Å². The summed E-state index contributed by atoms with van der Waals surface area (Å²) in [6, 6.07) is 7.77. The molecule has 1 saturated carbocycles. The summed E-state index contributed by atoms with van der Waals surface area (Å²) < 4.78 is 0. The molecule has 0 aromatic heterocycles. The van der Waals surface area contributed by atoms with E-state index in [0.29, 0.717) is 12.5 Å². The second-order valence-electron chi connectivity index (χ2n) is 8.32. The molecule has 1 aliphatic heterocycles. The first-order valence-electron chi connectivity index (χ1n) is 9.91. The van der Waals surface area contributed by atoms with Gasteiger partial charge in [-0.25, -0.2) is 0 Å². The van der Waals surface area contributed by atoms with E-state index in [1.807, 2.05) is 24.3 Å². The summed E-state index contributed by atoms with van der Waals surface area (Å²) in [5, 5.41) is 3.97. The fourth-order valence-corrected chi connectivity index (χ4v) is 4.06. The first-order valence-corrected chi connectivity index (χ1v) is 10.3. The molecule has 5 heteroatoms. The topological polar surface area (TPSA) is 35.6 Å². The summed E-state index contributed by atoms with van der Waals surface area (Å²) in [6.45, 7) is 12.9. The van der Waals surface area contributed by atoms with E-state index in [-0.39, 0.29) is 17.4 Å². The summed E-state index contributed by atoms with van der Waals surface area (Å²) in [6.07, 6.45) is 2.28. The summed E-state index contributed by atoms with van der Waals surface area (Å²) >= 11 is 6.01. The number of nitrogens with one attached hydrogen (secondary N) is 1. The van der Waals surface area contributed by atoms with Gasteiger partial charge in [0.1, 0.15) is 0 Å². The first-order chi connectivity index (χ1) is 12.4. The number of halogens is 1. The van der Waals surface area contributed by atoms with Crippen molar-refractivity contribution in [1.29, 1.82) is 0 Å². The van der Waals surface area contributed by atoms with Gasteiger partial charge in [-0.15, -0.1) is 0 Å². The molecule has 144 valence electrons. The largest absolute Gasteiger partial charge is 0.354 e. The van der Waals surface area contributed by atoms with Crippen molar-refractivity contribution in [1.82, 2.24) is 15.1 Å². The molecule has 1 unspecified atom stereocenters. The average Bonchev–Trinajstić information content (AvgIpc) is 3.47. The minimum absolute atomic E-state index is 0.0242. The van der Waals surface area contributed by atoms with Gasteiger partial charge in [-0.1, -0.05) is 30.7 Å². The zero-order valence-electron chi connectivity index (χ0n) is 16.3. The van der Waals surface area contributed by atoms with Gasteiger partial charge < -0.3 is 10.2 Å². The molecule has 3 rings (SSSR count). The van der Waals surface area contributed by atoms with Crippen LogP contribution in [0.2, 0.25) is 5.02 Å². The van der Waals surface area contributed by atoms with Crippen LogP contribution >= 0.6 is 11.6 Å². The molecule has 1 amide bonds. The molecule has 2 aliphatic rings. The van der Waals surface area contributed by atoms with E-state index in [4.69, 9.17) is 11.6 Å². The maximum Gasteiger partial charge on any atom is 0.227 e. The molecule has 1 aromatic carbocycles. The quantitative estimate of drug-likeness (QED) is 0.791. The predicted molar refractivity (Wildman–Crippen MR) is 108 cm³/mol. The monoisotopic (exact) mass is 377 g/mol. The van der Waals surface area contributed by atoms with Crippen LogP contribution in [0.5, 0.6) is 0 Å². The van der Waals surface area contributed by atoms with Gasteiger partial charge in [0.15, 0.2) is 0 Å². The molecule has 0 spiro atoms. The SMILES string of the molecule is CCN1CCN(C(C)(C)CNC(=O)C(c2ccc(Cl)cc2)C2CC2)CC1. The minimum Gasteiger partial charge on any atom is -0.354 e. The predicted octanol–water partition coefficient (Wildman–Crippen LogP) is 3.37. The highest BCUT2D eigenvalue weighted by Gasteiger charge is 2.38. The van der Waals surface area contributed by atoms with Crippen LogP contribution in [0.15, 0.2) is 24.3 Å². The minimum atomic E-state index is -0.0417. The summed E-state index contributed by atoms with van der Waals surface area (Å²) in [4.78, 5) is 18.0. The second kappa shape index (κ2) is 8.28. The maximum absolute atomic E-state index is 13.0. The number of amides is 1. The normalized spacial score (nSPS) is 20.8. The van der Waals surface area contributed by atoms with Crippen molar-refractivity contribution in [2.45, 2.75) is 45.1 Å². The number of piperazine rings is 1. The molecule has 1 aliphatic carbocycles. The van der Waals surface area contributed by atoms with E-state index in [9.17, 15) is 4.79 Å². The third-order valence-corrected chi connectivity index (χ3v) is 6.23. The third kappa shape index (κ3) is 4.79. The van der Waals surface area contributed by atoms with Gasteiger partial charge in [0, 0.05) is 43.3 Å². The van der Waals surface area contributed by atoms with Crippen LogP contribution in [0.25, 0.3) is 0 Å². The van der Waals surface area contributed by atoms with Crippen LogP contribution < -0.4 is 5.32 Å². The number of hydrogen-bond acceptors (Lipinski definition) is 3. The van der Waals surface area contributed by atoms with Crippen molar-refractivity contribution in [3.05, 3.63) is 34.9 Å². The Morgan fingerprint density at radius 3 is 2.35 bits per heavy atom. The smallest absolute Gasteiger partial charge is 0.227 e. The highest BCUT2D eigenvalue weighted by Crippen LogP contribution is 2.43. The van der Waals surface area contributed by atoms with Gasteiger partial charge in [0.25, 0.3) is 0 Å². The fourth-order valence-electron chi connectivity index (χ4n) is 3.93. The Labute approximate surface area is 162 Å². The van der Waals surface area contributed by atoms with Crippen LogP contribution in [0.1, 0.15) is 45.1 Å². The summed E-state index contributed by atoms with van der Waals surface area (Å²) in [7, 11) is 0. The van der Waals surface area contributed by atoms with Crippen molar-refractivity contribution in [2.24, 2.45) is 5.92 Å². The van der Waals surface area contributed by atoms with Crippen LogP contribution in [0, 0.1) is 5.92 Å². The number of likely N-dealkylation sites (N-methyl/N-ethyl adjacent to an activating group) is 1. The Balaban J connectivity index is 1.58. The molecule has 1 atom stereocenters. The van der Waals surface area contributed by atoms with Crippen molar-refractivity contribution in [3.63, 3.8) is 0 Å². The fraction of sp³-hybridized carbons (Fsp3) is 0.667. The molecule has 1 aromatic rings. The van der Waals surface area contributed by atoms with Crippen LogP contribution in [-0.4, -0.2) is 60.5 Å². The van der Waals surface area contributed by atoms with Crippen LogP contribution in [-0.2, 0) is 4.79 Å². The van der Waals surface area contributed by atoms with Crippen LogP contribution in [0.3, 0.4) is 0 Å². The van der Waals surface area contributed by atoms with Crippen molar-refractivity contribution >= 4 is 17.5 Å². The first kappa shape index (κ1) is 19.7. The number of carbonyl (C=O) groups excluding carboxylic acids is 1. The van der Waals surface area contributed by atoms with Gasteiger partial charge in [-0.3, -0.25) is 9.69 Å². The van der Waals surface area contributed by atoms with E-state index in [1.54, 1.807) is 0 Å². The van der Waals surface area contributed by atoms with Crippen LogP contribution in [0.4, 0.5) is 0 Å². The van der Waals surface area contributed by atoms with Gasteiger partial charge in [0.2, 0.25) is 5.91 Å². The van der Waals surface area contributed by atoms with Crippen molar-refractivity contribution in [3.8, 4) is 0 Å². The highest BCUT2D eigenvalue weighted by molar-refractivity contribution is 6.30. The molecular formula is C21H32ClN3O. The average molecular weight is 378 g/mol. The molecule has 0 bridgehead atoms. The maximum atomic E-state index is 13.0. The number of hydrogen-bond donors (Lipinski definition) is 1. The Kier molecular flexibility index (Phi) is 6.26. The van der Waals surface area contributed by atoms with Gasteiger partial charge in [-0.05, 0) is 56.8 Å². The highest BCUT2D eigenvalue weighted by atomic mass is 35.5. The Bertz CT molecular complexity index is 604. The standard InChI is InChI=1S/C21H32ClN3O/c1-4-24-11-13-25(14-12-24)21(2,3)15-23-20(26)19(16-5-6-16)17-7-9-18(22)10-8-17/h7-10,16,19H,4-6,11-15H2,1-3H3,(H,23,26). The van der Waals surface area contributed by atoms with E-state index in [2.05, 4.69) is 35.9 Å². The molecular weight excluding hydrogens is 346 g/mol. The second-order valence-corrected chi connectivity index (χ2v) is 8.75. The van der Waals surface area contributed by atoms with Gasteiger partial charge >= 0.3 is 0 Å². The summed E-state index contributed by atoms with van der Waals surface area (Å²) in [5.74, 6) is 0.600. The Morgan fingerprint density at radius 2 is 1.81 bits per heavy atom. The molecule has 26 heavy (non-hydrogen) atoms. The third-order valence-electron chi connectivity index (χ3n) is 5.98. The molecule has 1 heterocycles. The lowest BCUT2D eigenvalue weighted by molar-refractivity contribution is -0.123. The van der Waals surface area contributed by atoms with E-state index >= 15 is 0 Å². The lowest BCUT2D eigenvalue weighted by atomic mass is 9.92. The Morgan fingerprint density at radius 1 is 1.19 bits per heavy atom. The van der Waals surface area contributed by atoms with E-state index in [1.165, 1.54) is 0 Å². The van der Waals surface area contributed by atoms with Crippen molar-refractivity contribution < 1.29 is 4.79 Å².